The molecule has 1 atom stereocenters. The molecule has 0 aliphatic carbocycles. The normalized spacial score (nSPS) is 12.0. The van der Waals surface area contributed by atoms with Crippen molar-refractivity contribution in [1.82, 2.24) is 0 Å². The first-order valence-electron chi connectivity index (χ1n) is 12.1. The molecule has 0 radical (unpaired) electrons. The molecule has 7 aromatic carbocycles. The predicted octanol–water partition coefficient (Wildman–Crippen LogP) is 8.34. The average Bonchev–Trinajstić information content (AvgIpc) is 2.96. The van der Waals surface area contributed by atoms with E-state index in [1.165, 1.54) is 43.1 Å². The summed E-state index contributed by atoms with van der Waals surface area (Å²) in [6, 6.07) is 44.2. The van der Waals surface area contributed by atoms with Gasteiger partial charge in [0.1, 0.15) is 6.10 Å². The Balaban J connectivity index is 0.000000138. The van der Waals surface area contributed by atoms with E-state index in [1.807, 2.05) is 12.1 Å². The Morgan fingerprint density at radius 2 is 0.861 bits per heavy atom. The van der Waals surface area contributed by atoms with Gasteiger partial charge in [0.25, 0.3) is 0 Å². The zero-order valence-electron chi connectivity index (χ0n) is 19.6. The predicted molar refractivity (Wildman–Crippen MR) is 150 cm³/mol. The molecule has 0 aliphatic rings. The number of aliphatic hydroxyl groups excluding tert-OH is 1. The maximum absolute atomic E-state index is 11.9. The summed E-state index contributed by atoms with van der Waals surface area (Å²) in [5.74, 6) is -0.271. The molecule has 0 heterocycles. The van der Waals surface area contributed by atoms with Crippen LogP contribution in [0.3, 0.4) is 0 Å². The molecule has 1 N–H and O–H groups in total. The van der Waals surface area contributed by atoms with Gasteiger partial charge in [-0.1, -0.05) is 133 Å². The molecule has 0 bridgehead atoms. The van der Waals surface area contributed by atoms with Gasteiger partial charge in [-0.2, -0.15) is 0 Å². The van der Waals surface area contributed by atoms with Crippen LogP contribution >= 0.6 is 0 Å². The van der Waals surface area contributed by atoms with Crippen LogP contribution in [0.4, 0.5) is 0 Å². The molecule has 0 aromatic heterocycles. The van der Waals surface area contributed by atoms with Gasteiger partial charge in [0.05, 0.1) is 0 Å². The first-order chi connectivity index (χ1) is 17.7. The molecular formula is C34H24O2. The van der Waals surface area contributed by atoms with E-state index in [-0.39, 0.29) is 5.78 Å². The number of rotatable bonds is 3. The Bertz CT molecular complexity index is 1630. The van der Waals surface area contributed by atoms with Crippen molar-refractivity contribution in [3.05, 3.63) is 145 Å². The summed E-state index contributed by atoms with van der Waals surface area (Å²) in [6.07, 6.45) is -1.08. The molecular weight excluding hydrogens is 440 g/mol. The molecule has 0 aliphatic heterocycles. The Morgan fingerprint density at radius 3 is 1.28 bits per heavy atom. The number of hydrogen-bond acceptors (Lipinski definition) is 2. The molecule has 1 unspecified atom stereocenters. The van der Waals surface area contributed by atoms with Gasteiger partial charge >= 0.3 is 0 Å². The van der Waals surface area contributed by atoms with Crippen LogP contribution in [0.15, 0.2) is 133 Å². The van der Waals surface area contributed by atoms with Gasteiger partial charge in [-0.25, -0.2) is 0 Å². The highest BCUT2D eigenvalue weighted by Gasteiger charge is 2.18. The van der Waals surface area contributed by atoms with Crippen LogP contribution in [-0.2, 0) is 0 Å². The highest BCUT2D eigenvalue weighted by atomic mass is 16.3. The number of aliphatic hydroxyl groups is 1. The smallest absolute Gasteiger partial charge is 0.195 e. The van der Waals surface area contributed by atoms with Crippen molar-refractivity contribution < 1.29 is 9.90 Å². The molecule has 7 aromatic rings. The molecule has 0 amide bonds. The first-order valence-corrected chi connectivity index (χ1v) is 12.1. The fraction of sp³-hybridized carbons (Fsp3) is 0.0294. The summed E-state index contributed by atoms with van der Waals surface area (Å²) in [5, 5.41) is 20.8. The van der Waals surface area contributed by atoms with Crippen molar-refractivity contribution in [2.45, 2.75) is 6.10 Å². The molecule has 0 saturated heterocycles. The van der Waals surface area contributed by atoms with Gasteiger partial charge in [-0.05, 0) is 48.7 Å². The minimum absolute atomic E-state index is 0.271. The minimum Gasteiger partial charge on any atom is -0.380 e. The number of Topliss-reactive ketones (excluding diaryl/α,β-unsaturated/α-hetero) is 1. The monoisotopic (exact) mass is 464 g/mol. The molecule has 0 fully saturated rings. The second kappa shape index (κ2) is 9.26. The molecule has 0 spiro atoms. The standard InChI is InChI=1S/C20H12.C14H12O2/c1-5-13-6-2-11-17-18-12-4-8-14-7-3-10-16(20(14)18)15(9-1)19(13)17;15-13(11-7-3-1-4-8-11)14(16)12-9-5-2-6-10-12/h1-12H;1-10,13,15H. The topological polar surface area (TPSA) is 37.3 Å². The molecule has 36 heavy (non-hydrogen) atoms. The maximum Gasteiger partial charge on any atom is 0.195 e. The lowest BCUT2D eigenvalue weighted by Gasteiger charge is -2.13. The SMILES string of the molecule is O=C(c1ccccc1)C(O)c1ccccc1.c1cc2cccc3c4cccc5cccc(c(c1)c23)c54. The van der Waals surface area contributed by atoms with E-state index in [2.05, 4.69) is 72.8 Å². The van der Waals surface area contributed by atoms with Gasteiger partial charge in [0.2, 0.25) is 0 Å². The Labute approximate surface area is 209 Å². The largest absolute Gasteiger partial charge is 0.380 e. The van der Waals surface area contributed by atoms with Crippen LogP contribution in [0.25, 0.3) is 43.1 Å². The summed E-state index contributed by atoms with van der Waals surface area (Å²) in [7, 11) is 0. The number of hydrogen-bond donors (Lipinski definition) is 1. The van der Waals surface area contributed by atoms with Gasteiger partial charge in [0, 0.05) is 5.56 Å². The van der Waals surface area contributed by atoms with E-state index in [9.17, 15) is 9.90 Å². The van der Waals surface area contributed by atoms with Crippen molar-refractivity contribution in [3.63, 3.8) is 0 Å². The summed E-state index contributed by atoms with van der Waals surface area (Å²) in [4.78, 5) is 11.9. The van der Waals surface area contributed by atoms with Crippen molar-refractivity contribution in [2.24, 2.45) is 0 Å². The lowest BCUT2D eigenvalue weighted by atomic mass is 9.90. The van der Waals surface area contributed by atoms with Crippen molar-refractivity contribution in [3.8, 4) is 0 Å². The van der Waals surface area contributed by atoms with E-state index in [4.69, 9.17) is 0 Å². The van der Waals surface area contributed by atoms with Crippen molar-refractivity contribution >= 4 is 48.9 Å². The summed E-state index contributed by atoms with van der Waals surface area (Å²) >= 11 is 0. The highest BCUT2D eigenvalue weighted by Crippen LogP contribution is 2.39. The van der Waals surface area contributed by atoms with E-state index in [1.54, 1.807) is 48.5 Å². The number of carbonyl (C=O) groups excluding carboxylic acids is 1. The van der Waals surface area contributed by atoms with Crippen molar-refractivity contribution in [1.29, 1.82) is 0 Å². The lowest BCUT2D eigenvalue weighted by Crippen LogP contribution is -2.11. The summed E-state index contributed by atoms with van der Waals surface area (Å²) in [5.41, 5.74) is 1.15. The molecule has 2 nitrogen and oxygen atoms in total. The van der Waals surface area contributed by atoms with Crippen LogP contribution in [-0.4, -0.2) is 10.9 Å². The second-order valence-electron chi connectivity index (χ2n) is 8.96. The van der Waals surface area contributed by atoms with Crippen molar-refractivity contribution in [2.75, 3.05) is 0 Å². The van der Waals surface area contributed by atoms with Crippen LogP contribution in [0.5, 0.6) is 0 Å². The first kappa shape index (κ1) is 22.0. The Morgan fingerprint density at radius 1 is 0.472 bits per heavy atom. The third-order valence-corrected chi connectivity index (χ3v) is 6.81. The summed E-state index contributed by atoms with van der Waals surface area (Å²) < 4.78 is 0. The third kappa shape index (κ3) is 3.78. The fourth-order valence-electron chi connectivity index (χ4n) is 5.13. The zero-order valence-corrected chi connectivity index (χ0v) is 19.6. The average molecular weight is 465 g/mol. The van der Waals surface area contributed by atoms with Gasteiger partial charge in [0.15, 0.2) is 5.78 Å². The minimum atomic E-state index is -1.08. The van der Waals surface area contributed by atoms with Crippen LogP contribution < -0.4 is 0 Å². The zero-order chi connectivity index (χ0) is 24.5. The lowest BCUT2D eigenvalue weighted by molar-refractivity contribution is 0.0747. The number of carbonyl (C=O) groups is 1. The quantitative estimate of drug-likeness (QED) is 0.162. The van der Waals surface area contributed by atoms with Gasteiger partial charge in [-0.3, -0.25) is 4.79 Å². The van der Waals surface area contributed by atoms with E-state index in [0.717, 1.165) is 0 Å². The van der Waals surface area contributed by atoms with Crippen LogP contribution in [0.1, 0.15) is 22.0 Å². The molecule has 2 heteroatoms. The highest BCUT2D eigenvalue weighted by molar-refractivity contribution is 6.32. The molecule has 172 valence electrons. The number of benzene rings is 7. The fourth-order valence-corrected chi connectivity index (χ4v) is 5.13. The summed E-state index contributed by atoms with van der Waals surface area (Å²) in [6.45, 7) is 0. The third-order valence-electron chi connectivity index (χ3n) is 6.81. The van der Waals surface area contributed by atoms with Crippen LogP contribution in [0, 0.1) is 0 Å². The number of ketones is 1. The van der Waals surface area contributed by atoms with Gasteiger partial charge in [-0.15, -0.1) is 0 Å². The molecule has 0 saturated carbocycles. The van der Waals surface area contributed by atoms with Crippen LogP contribution in [0.2, 0.25) is 0 Å². The Hall–Kier alpha value is -4.53. The van der Waals surface area contributed by atoms with E-state index in [0.29, 0.717) is 11.1 Å². The van der Waals surface area contributed by atoms with Gasteiger partial charge < -0.3 is 5.11 Å². The molecule has 7 rings (SSSR count). The number of fused-ring (bicyclic) bond motifs is 2. The van der Waals surface area contributed by atoms with E-state index < -0.39 is 6.10 Å². The maximum atomic E-state index is 11.9. The second-order valence-corrected chi connectivity index (χ2v) is 8.96. The van der Waals surface area contributed by atoms with E-state index >= 15 is 0 Å². The Kier molecular flexibility index (Phi) is 5.65.